The predicted octanol–water partition coefficient (Wildman–Crippen LogP) is 3.81. The lowest BCUT2D eigenvalue weighted by atomic mass is 10.2. The second-order valence-corrected chi connectivity index (χ2v) is 3.53. The Morgan fingerprint density at radius 2 is 1.59 bits per heavy atom. The van der Waals surface area contributed by atoms with E-state index < -0.39 is 0 Å². The van der Waals surface area contributed by atoms with Crippen LogP contribution in [0.5, 0.6) is 5.75 Å². The number of hydrogen-bond acceptors (Lipinski definition) is 2. The molecule has 2 aromatic carbocycles. The summed E-state index contributed by atoms with van der Waals surface area (Å²) >= 11 is 0. The van der Waals surface area contributed by atoms with Crippen molar-refractivity contribution in [2.24, 2.45) is 4.99 Å². The summed E-state index contributed by atoms with van der Waals surface area (Å²) in [5.41, 5.74) is 1.70. The molecule has 0 radical (unpaired) electrons. The molecule has 2 rings (SSSR count). The lowest BCUT2D eigenvalue weighted by Crippen LogP contribution is -1.73. The van der Waals surface area contributed by atoms with Crippen molar-refractivity contribution in [2.75, 3.05) is 0 Å². The monoisotopic (exact) mass is 223 g/mol. The third kappa shape index (κ3) is 3.31. The Hall–Kier alpha value is -2.35. The molecule has 0 spiro atoms. The SMILES string of the molecule is Oc1ccccc1/C=C/C=Nc1ccccc1. The molecule has 0 saturated carbocycles. The Kier molecular flexibility index (Phi) is 3.71. The van der Waals surface area contributed by atoms with Gasteiger partial charge < -0.3 is 5.11 Å². The van der Waals surface area contributed by atoms with E-state index in [4.69, 9.17) is 0 Å². The molecule has 0 unspecified atom stereocenters. The Morgan fingerprint density at radius 3 is 2.35 bits per heavy atom. The van der Waals surface area contributed by atoms with Crippen LogP contribution in [-0.2, 0) is 0 Å². The van der Waals surface area contributed by atoms with E-state index in [-0.39, 0.29) is 5.75 Å². The van der Waals surface area contributed by atoms with Crippen molar-refractivity contribution >= 4 is 18.0 Å². The maximum Gasteiger partial charge on any atom is 0.122 e. The predicted molar refractivity (Wildman–Crippen MR) is 71.7 cm³/mol. The standard InChI is InChI=1S/C15H13NO/c17-15-11-5-4-7-13(15)8-6-12-16-14-9-2-1-3-10-14/h1-12,17H/b8-6+,16-12?. The summed E-state index contributed by atoms with van der Waals surface area (Å²) in [4.78, 5) is 4.26. The van der Waals surface area contributed by atoms with Gasteiger partial charge in [-0.25, -0.2) is 0 Å². The molecule has 0 aromatic heterocycles. The lowest BCUT2D eigenvalue weighted by molar-refractivity contribution is 0.474. The number of para-hydroxylation sites is 2. The van der Waals surface area contributed by atoms with E-state index in [1.54, 1.807) is 18.3 Å². The first kappa shape index (κ1) is 11.1. The van der Waals surface area contributed by atoms with Crippen LogP contribution in [0.4, 0.5) is 5.69 Å². The number of aliphatic imine (C=N–C) groups is 1. The number of phenolic OH excluding ortho intramolecular Hbond substituents is 1. The summed E-state index contributed by atoms with van der Waals surface area (Å²) in [5, 5.41) is 9.53. The molecule has 1 N–H and O–H groups in total. The molecule has 0 amide bonds. The molecule has 0 fully saturated rings. The summed E-state index contributed by atoms with van der Waals surface area (Å²) in [6.07, 6.45) is 5.34. The fraction of sp³-hybridized carbons (Fsp3) is 0. The zero-order chi connectivity index (χ0) is 11.9. The van der Waals surface area contributed by atoms with Crippen LogP contribution in [0.3, 0.4) is 0 Å². The van der Waals surface area contributed by atoms with E-state index in [9.17, 15) is 5.11 Å². The highest BCUT2D eigenvalue weighted by Crippen LogP contribution is 2.16. The molecule has 17 heavy (non-hydrogen) atoms. The summed E-state index contributed by atoms with van der Waals surface area (Å²) in [6, 6.07) is 16.9. The van der Waals surface area contributed by atoms with Crippen molar-refractivity contribution in [2.45, 2.75) is 0 Å². The Bertz CT molecular complexity index is 530. The van der Waals surface area contributed by atoms with Crippen LogP contribution in [0.15, 0.2) is 65.7 Å². The van der Waals surface area contributed by atoms with Gasteiger partial charge in [0.1, 0.15) is 5.75 Å². The zero-order valence-electron chi connectivity index (χ0n) is 9.32. The van der Waals surface area contributed by atoms with E-state index in [1.165, 1.54) is 0 Å². The van der Waals surface area contributed by atoms with Gasteiger partial charge in [0.25, 0.3) is 0 Å². The molecule has 0 bridgehead atoms. The van der Waals surface area contributed by atoms with Gasteiger partial charge in [0.15, 0.2) is 0 Å². The topological polar surface area (TPSA) is 32.6 Å². The lowest BCUT2D eigenvalue weighted by Gasteiger charge is -1.95. The molecular weight excluding hydrogens is 210 g/mol. The molecule has 2 heteroatoms. The van der Waals surface area contributed by atoms with Crippen LogP contribution >= 0.6 is 0 Å². The second kappa shape index (κ2) is 5.66. The first-order chi connectivity index (χ1) is 8.36. The number of phenols is 1. The molecule has 84 valence electrons. The molecule has 0 aliphatic rings. The summed E-state index contributed by atoms with van der Waals surface area (Å²) in [5.74, 6) is 0.275. The van der Waals surface area contributed by atoms with E-state index in [0.29, 0.717) is 0 Å². The Morgan fingerprint density at radius 1 is 0.882 bits per heavy atom. The van der Waals surface area contributed by atoms with Gasteiger partial charge in [-0.2, -0.15) is 0 Å². The van der Waals surface area contributed by atoms with Crippen molar-refractivity contribution < 1.29 is 5.11 Å². The minimum absolute atomic E-state index is 0.275. The highest BCUT2D eigenvalue weighted by atomic mass is 16.3. The molecule has 2 nitrogen and oxygen atoms in total. The normalized spacial score (nSPS) is 11.3. The highest BCUT2D eigenvalue weighted by molar-refractivity contribution is 5.81. The number of hydrogen-bond donors (Lipinski definition) is 1. The van der Waals surface area contributed by atoms with Crippen LogP contribution in [-0.4, -0.2) is 11.3 Å². The zero-order valence-corrected chi connectivity index (χ0v) is 9.32. The smallest absolute Gasteiger partial charge is 0.122 e. The second-order valence-electron chi connectivity index (χ2n) is 3.53. The van der Waals surface area contributed by atoms with Crippen LogP contribution in [0, 0.1) is 0 Å². The number of allylic oxidation sites excluding steroid dienone is 1. The van der Waals surface area contributed by atoms with Gasteiger partial charge in [0.2, 0.25) is 0 Å². The molecule has 2 aromatic rings. The van der Waals surface area contributed by atoms with E-state index >= 15 is 0 Å². The molecule has 0 atom stereocenters. The van der Waals surface area contributed by atoms with E-state index in [1.807, 2.05) is 54.6 Å². The number of rotatable bonds is 3. The van der Waals surface area contributed by atoms with Crippen molar-refractivity contribution in [1.29, 1.82) is 0 Å². The molecule has 0 aliphatic heterocycles. The van der Waals surface area contributed by atoms with Gasteiger partial charge >= 0.3 is 0 Å². The van der Waals surface area contributed by atoms with Crippen LogP contribution in [0.2, 0.25) is 0 Å². The van der Waals surface area contributed by atoms with Gasteiger partial charge in [0, 0.05) is 11.8 Å². The third-order valence-corrected chi connectivity index (χ3v) is 2.28. The van der Waals surface area contributed by atoms with Gasteiger partial charge in [-0.1, -0.05) is 36.4 Å². The largest absolute Gasteiger partial charge is 0.507 e. The molecule has 0 heterocycles. The fourth-order valence-corrected chi connectivity index (χ4v) is 1.42. The fourth-order valence-electron chi connectivity index (χ4n) is 1.42. The maximum absolute atomic E-state index is 9.53. The summed E-state index contributed by atoms with van der Waals surface area (Å²) in [7, 11) is 0. The van der Waals surface area contributed by atoms with Crippen LogP contribution in [0.25, 0.3) is 6.08 Å². The first-order valence-electron chi connectivity index (χ1n) is 5.40. The van der Waals surface area contributed by atoms with Gasteiger partial charge in [-0.3, -0.25) is 4.99 Å². The van der Waals surface area contributed by atoms with Crippen LogP contribution in [0.1, 0.15) is 5.56 Å². The number of aromatic hydroxyl groups is 1. The van der Waals surface area contributed by atoms with Crippen molar-refractivity contribution in [1.82, 2.24) is 0 Å². The van der Waals surface area contributed by atoms with Gasteiger partial charge in [-0.15, -0.1) is 0 Å². The molecule has 0 aliphatic carbocycles. The van der Waals surface area contributed by atoms with Crippen molar-refractivity contribution in [3.8, 4) is 5.75 Å². The molecular formula is C15H13NO. The average Bonchev–Trinajstić information content (AvgIpc) is 2.38. The van der Waals surface area contributed by atoms with Crippen molar-refractivity contribution in [3.63, 3.8) is 0 Å². The third-order valence-electron chi connectivity index (χ3n) is 2.28. The van der Waals surface area contributed by atoms with Gasteiger partial charge in [-0.05, 0) is 30.4 Å². The minimum Gasteiger partial charge on any atom is -0.507 e. The quantitative estimate of drug-likeness (QED) is 0.788. The molecule has 0 saturated heterocycles. The van der Waals surface area contributed by atoms with E-state index in [2.05, 4.69) is 4.99 Å². The van der Waals surface area contributed by atoms with Crippen molar-refractivity contribution in [3.05, 3.63) is 66.2 Å². The minimum atomic E-state index is 0.275. The maximum atomic E-state index is 9.53. The van der Waals surface area contributed by atoms with Crippen LogP contribution < -0.4 is 0 Å². The van der Waals surface area contributed by atoms with E-state index in [0.717, 1.165) is 11.3 Å². The average molecular weight is 223 g/mol. The highest BCUT2D eigenvalue weighted by Gasteiger charge is 1.91. The van der Waals surface area contributed by atoms with Gasteiger partial charge in [0.05, 0.1) is 5.69 Å². The number of benzene rings is 2. The summed E-state index contributed by atoms with van der Waals surface area (Å²) < 4.78 is 0. The summed E-state index contributed by atoms with van der Waals surface area (Å²) in [6.45, 7) is 0. The number of nitrogens with zero attached hydrogens (tertiary/aromatic N) is 1. The Labute approximate surface area is 101 Å². The Balaban J connectivity index is 2.04. The first-order valence-corrected chi connectivity index (χ1v) is 5.40.